The van der Waals surface area contributed by atoms with Crippen molar-refractivity contribution in [3.05, 3.63) is 29.6 Å². The van der Waals surface area contributed by atoms with Gasteiger partial charge in [0.25, 0.3) is 0 Å². The van der Waals surface area contributed by atoms with Gasteiger partial charge in [-0.25, -0.2) is 0 Å². The highest BCUT2D eigenvalue weighted by atomic mass is 15.3. The Hall–Kier alpha value is -1.13. The molecular weight excluding hydrogens is 188 g/mol. The first-order valence-electron chi connectivity index (χ1n) is 5.21. The first-order valence-corrected chi connectivity index (χ1v) is 5.21. The Kier molecular flexibility index (Phi) is 4.05. The van der Waals surface area contributed by atoms with Gasteiger partial charge in [0, 0.05) is 18.3 Å². The van der Waals surface area contributed by atoms with Crippen LogP contribution >= 0.6 is 0 Å². The summed E-state index contributed by atoms with van der Waals surface area (Å²) in [5, 5.41) is 4.21. The predicted octanol–water partition coefficient (Wildman–Crippen LogP) is 1.59. The first-order chi connectivity index (χ1) is 7.10. The first kappa shape index (κ1) is 11.9. The third kappa shape index (κ3) is 2.67. The van der Waals surface area contributed by atoms with Gasteiger partial charge in [-0.05, 0) is 19.8 Å². The van der Waals surface area contributed by atoms with Gasteiger partial charge in [-0.2, -0.15) is 5.10 Å². The third-order valence-electron chi connectivity index (χ3n) is 2.84. The zero-order valence-corrected chi connectivity index (χ0v) is 9.75. The zero-order chi connectivity index (χ0) is 11.4. The lowest BCUT2D eigenvalue weighted by Gasteiger charge is -2.16. The molecule has 0 aliphatic rings. The van der Waals surface area contributed by atoms with Crippen molar-refractivity contribution in [1.82, 2.24) is 15.2 Å². The van der Waals surface area contributed by atoms with Crippen LogP contribution in [0, 0.1) is 6.92 Å². The summed E-state index contributed by atoms with van der Waals surface area (Å²) in [6, 6.07) is 0.117. The molecular formula is C11H20N4. The Balaban J connectivity index is 2.83. The van der Waals surface area contributed by atoms with E-state index in [4.69, 9.17) is 5.84 Å². The van der Waals surface area contributed by atoms with E-state index in [-0.39, 0.29) is 6.04 Å². The van der Waals surface area contributed by atoms with E-state index in [9.17, 15) is 0 Å². The summed E-state index contributed by atoms with van der Waals surface area (Å²) >= 11 is 0. The molecule has 0 saturated heterocycles. The van der Waals surface area contributed by atoms with Crippen molar-refractivity contribution in [2.24, 2.45) is 12.9 Å². The van der Waals surface area contributed by atoms with E-state index < -0.39 is 0 Å². The molecule has 1 heterocycles. The van der Waals surface area contributed by atoms with Crippen LogP contribution in [0.15, 0.2) is 18.3 Å². The van der Waals surface area contributed by atoms with E-state index in [1.54, 1.807) is 0 Å². The molecule has 4 heteroatoms. The summed E-state index contributed by atoms with van der Waals surface area (Å²) in [6.07, 6.45) is 3.71. The van der Waals surface area contributed by atoms with Crippen LogP contribution in [0.25, 0.3) is 0 Å². The minimum absolute atomic E-state index is 0.117. The van der Waals surface area contributed by atoms with Crippen LogP contribution in [0.1, 0.15) is 37.1 Å². The largest absolute Gasteiger partial charge is 0.273 e. The van der Waals surface area contributed by atoms with Gasteiger partial charge in [0.15, 0.2) is 0 Å². The van der Waals surface area contributed by atoms with Gasteiger partial charge in [0.1, 0.15) is 0 Å². The molecule has 0 spiro atoms. The number of rotatable bonds is 5. The number of aromatic nitrogens is 2. The molecule has 0 bridgehead atoms. The lowest BCUT2D eigenvalue weighted by Crippen LogP contribution is -2.28. The minimum Gasteiger partial charge on any atom is -0.273 e. The molecule has 0 saturated carbocycles. The van der Waals surface area contributed by atoms with Crippen LogP contribution in [-0.4, -0.2) is 9.78 Å². The highest BCUT2D eigenvalue weighted by Gasteiger charge is 2.15. The number of hydrogen-bond donors (Lipinski definition) is 2. The standard InChI is InChI=1S/C11H20N4/c1-5-8(2)6-11(14-12)10-7-13-15(4)9(10)3/h7,11,14H,2,5-6,12H2,1,3-4H3. The van der Waals surface area contributed by atoms with Crippen LogP contribution in [0.3, 0.4) is 0 Å². The Morgan fingerprint density at radius 1 is 1.73 bits per heavy atom. The maximum absolute atomic E-state index is 5.56. The SMILES string of the molecule is C=C(CC)CC(NN)c1cnn(C)c1C. The molecule has 15 heavy (non-hydrogen) atoms. The summed E-state index contributed by atoms with van der Waals surface area (Å²) in [7, 11) is 1.93. The second-order valence-electron chi connectivity index (χ2n) is 3.84. The quantitative estimate of drug-likeness (QED) is 0.439. The fourth-order valence-corrected chi connectivity index (χ4v) is 1.55. The molecule has 0 aliphatic carbocycles. The maximum Gasteiger partial charge on any atom is 0.0540 e. The molecule has 0 radical (unpaired) electrons. The monoisotopic (exact) mass is 208 g/mol. The van der Waals surface area contributed by atoms with Gasteiger partial charge in [-0.3, -0.25) is 16.0 Å². The molecule has 0 aromatic carbocycles. The fourth-order valence-electron chi connectivity index (χ4n) is 1.55. The van der Waals surface area contributed by atoms with Crippen molar-refractivity contribution in [2.45, 2.75) is 32.7 Å². The van der Waals surface area contributed by atoms with Crippen molar-refractivity contribution >= 4 is 0 Å². The van der Waals surface area contributed by atoms with Crippen LogP contribution in [0.5, 0.6) is 0 Å². The van der Waals surface area contributed by atoms with Crippen LogP contribution in [0.2, 0.25) is 0 Å². The Bertz CT molecular complexity index is 340. The smallest absolute Gasteiger partial charge is 0.0540 e. The molecule has 1 aromatic rings. The summed E-state index contributed by atoms with van der Waals surface area (Å²) < 4.78 is 1.86. The van der Waals surface area contributed by atoms with Crippen molar-refractivity contribution in [2.75, 3.05) is 0 Å². The van der Waals surface area contributed by atoms with Crippen molar-refractivity contribution in [1.29, 1.82) is 0 Å². The zero-order valence-electron chi connectivity index (χ0n) is 9.75. The van der Waals surface area contributed by atoms with E-state index in [2.05, 4.69) is 24.0 Å². The van der Waals surface area contributed by atoms with Crippen LogP contribution in [0.4, 0.5) is 0 Å². The molecule has 3 N–H and O–H groups in total. The molecule has 0 aliphatic heterocycles. The molecule has 0 amide bonds. The second-order valence-corrected chi connectivity index (χ2v) is 3.84. The molecule has 84 valence electrons. The summed E-state index contributed by atoms with van der Waals surface area (Å²) in [5.74, 6) is 5.56. The van der Waals surface area contributed by atoms with Crippen molar-refractivity contribution in [3.63, 3.8) is 0 Å². The van der Waals surface area contributed by atoms with E-state index in [0.29, 0.717) is 0 Å². The number of hydrazine groups is 1. The van der Waals surface area contributed by atoms with Gasteiger partial charge >= 0.3 is 0 Å². The van der Waals surface area contributed by atoms with E-state index in [1.807, 2.05) is 24.9 Å². The predicted molar refractivity (Wildman–Crippen MR) is 62.1 cm³/mol. The third-order valence-corrected chi connectivity index (χ3v) is 2.84. The molecule has 1 aromatic heterocycles. The van der Waals surface area contributed by atoms with Crippen LogP contribution < -0.4 is 11.3 Å². The van der Waals surface area contributed by atoms with E-state index >= 15 is 0 Å². The van der Waals surface area contributed by atoms with Gasteiger partial charge in [-0.15, -0.1) is 0 Å². The Labute approximate surface area is 91.1 Å². The lowest BCUT2D eigenvalue weighted by atomic mass is 10.00. The topological polar surface area (TPSA) is 55.9 Å². The average Bonchev–Trinajstić information content (AvgIpc) is 2.56. The number of nitrogens with two attached hydrogens (primary N) is 1. The number of nitrogens with one attached hydrogen (secondary N) is 1. The normalized spacial score (nSPS) is 12.8. The van der Waals surface area contributed by atoms with Gasteiger partial charge < -0.3 is 0 Å². The summed E-state index contributed by atoms with van der Waals surface area (Å²) in [5.41, 5.74) is 6.31. The minimum atomic E-state index is 0.117. The second kappa shape index (κ2) is 5.09. The van der Waals surface area contributed by atoms with Gasteiger partial charge in [-0.1, -0.05) is 19.1 Å². The van der Waals surface area contributed by atoms with Gasteiger partial charge in [0.2, 0.25) is 0 Å². The highest BCUT2D eigenvalue weighted by molar-refractivity contribution is 5.22. The summed E-state index contributed by atoms with van der Waals surface area (Å²) in [6.45, 7) is 8.15. The molecule has 4 nitrogen and oxygen atoms in total. The van der Waals surface area contributed by atoms with Crippen LogP contribution in [-0.2, 0) is 7.05 Å². The van der Waals surface area contributed by atoms with Crippen molar-refractivity contribution in [3.8, 4) is 0 Å². The Morgan fingerprint density at radius 3 is 2.80 bits per heavy atom. The molecule has 0 fully saturated rings. The van der Waals surface area contributed by atoms with E-state index in [0.717, 1.165) is 24.1 Å². The van der Waals surface area contributed by atoms with E-state index in [1.165, 1.54) is 5.57 Å². The number of hydrogen-bond acceptors (Lipinski definition) is 3. The van der Waals surface area contributed by atoms with Gasteiger partial charge in [0.05, 0.1) is 12.2 Å². The maximum atomic E-state index is 5.56. The average molecular weight is 208 g/mol. The Morgan fingerprint density at radius 2 is 2.40 bits per heavy atom. The van der Waals surface area contributed by atoms with Crippen molar-refractivity contribution < 1.29 is 0 Å². The molecule has 1 rings (SSSR count). The highest BCUT2D eigenvalue weighted by Crippen LogP contribution is 2.23. The lowest BCUT2D eigenvalue weighted by molar-refractivity contribution is 0.541. The molecule has 1 atom stereocenters. The number of aryl methyl sites for hydroxylation is 1. The fraction of sp³-hybridized carbons (Fsp3) is 0.545. The summed E-state index contributed by atoms with van der Waals surface area (Å²) in [4.78, 5) is 0. The molecule has 1 unspecified atom stereocenters. The number of nitrogens with zero attached hydrogens (tertiary/aromatic N) is 2.